The minimum atomic E-state index is 0.281. The van der Waals surface area contributed by atoms with Crippen molar-refractivity contribution >= 4 is 32.5 Å². The molecule has 0 spiro atoms. The Morgan fingerprint density at radius 2 is 2.26 bits per heavy atom. The summed E-state index contributed by atoms with van der Waals surface area (Å²) in [5.74, 6) is 0.393. The van der Waals surface area contributed by atoms with E-state index in [1.54, 1.807) is 0 Å². The molecular weight excluding hydrogens is 304 g/mol. The van der Waals surface area contributed by atoms with E-state index in [0.29, 0.717) is 5.92 Å². The highest BCUT2D eigenvalue weighted by atomic mass is 79.9. The summed E-state index contributed by atoms with van der Waals surface area (Å²) in [5, 5.41) is 10.5. The average Bonchev–Trinajstić information content (AvgIpc) is 2.46. The second kappa shape index (κ2) is 5.47. The monoisotopic (exact) mass is 320 g/mol. The second-order valence-electron chi connectivity index (χ2n) is 5.13. The van der Waals surface area contributed by atoms with Crippen LogP contribution in [0.4, 0.5) is 5.69 Å². The Balaban J connectivity index is 2.02. The summed E-state index contributed by atoms with van der Waals surface area (Å²) < 4.78 is 1.07. The SMILES string of the molecule is OCC1CCCN(c2ccnc3ccc(Br)cc23)C1. The highest BCUT2D eigenvalue weighted by Crippen LogP contribution is 2.30. The van der Waals surface area contributed by atoms with E-state index in [-0.39, 0.29) is 6.61 Å². The first kappa shape index (κ1) is 12.9. The van der Waals surface area contributed by atoms with E-state index < -0.39 is 0 Å². The summed E-state index contributed by atoms with van der Waals surface area (Å²) >= 11 is 3.53. The van der Waals surface area contributed by atoms with Gasteiger partial charge in [-0.1, -0.05) is 15.9 Å². The van der Waals surface area contributed by atoms with Crippen LogP contribution in [0.25, 0.3) is 10.9 Å². The van der Waals surface area contributed by atoms with Gasteiger partial charge in [-0.05, 0) is 43.0 Å². The lowest BCUT2D eigenvalue weighted by Crippen LogP contribution is -2.36. The van der Waals surface area contributed by atoms with Crippen LogP contribution in [0.1, 0.15) is 12.8 Å². The first-order valence-corrected chi connectivity index (χ1v) is 7.47. The molecule has 1 fully saturated rings. The van der Waals surface area contributed by atoms with Crippen molar-refractivity contribution < 1.29 is 5.11 Å². The van der Waals surface area contributed by atoms with Crippen molar-refractivity contribution in [1.82, 2.24) is 4.98 Å². The highest BCUT2D eigenvalue weighted by Gasteiger charge is 2.20. The third-order valence-corrected chi connectivity index (χ3v) is 4.29. The number of fused-ring (bicyclic) bond motifs is 1. The number of aromatic nitrogens is 1. The molecule has 1 aromatic heterocycles. The van der Waals surface area contributed by atoms with Crippen molar-refractivity contribution in [2.45, 2.75) is 12.8 Å². The van der Waals surface area contributed by atoms with Gasteiger partial charge in [0.2, 0.25) is 0 Å². The number of hydrogen-bond acceptors (Lipinski definition) is 3. The Labute approximate surface area is 121 Å². The van der Waals surface area contributed by atoms with Crippen molar-refractivity contribution in [2.24, 2.45) is 5.92 Å². The minimum Gasteiger partial charge on any atom is -0.396 e. The topological polar surface area (TPSA) is 36.4 Å². The molecule has 1 aliphatic heterocycles. The molecule has 1 saturated heterocycles. The van der Waals surface area contributed by atoms with Gasteiger partial charge >= 0.3 is 0 Å². The number of benzene rings is 1. The number of aliphatic hydroxyl groups excluding tert-OH is 1. The molecule has 1 atom stereocenters. The van der Waals surface area contributed by atoms with Crippen LogP contribution < -0.4 is 4.90 Å². The summed E-state index contributed by atoms with van der Waals surface area (Å²) in [6.45, 7) is 2.27. The molecule has 3 rings (SSSR count). The first-order valence-electron chi connectivity index (χ1n) is 6.68. The largest absolute Gasteiger partial charge is 0.396 e. The molecule has 1 N–H and O–H groups in total. The zero-order valence-electron chi connectivity index (χ0n) is 10.7. The lowest BCUT2D eigenvalue weighted by Gasteiger charge is -2.34. The van der Waals surface area contributed by atoms with Gasteiger partial charge in [0, 0.05) is 41.4 Å². The van der Waals surface area contributed by atoms with Crippen molar-refractivity contribution in [1.29, 1.82) is 0 Å². The zero-order valence-corrected chi connectivity index (χ0v) is 12.3. The van der Waals surface area contributed by atoms with Gasteiger partial charge in [0.1, 0.15) is 0 Å². The Bertz CT molecular complexity index is 587. The summed E-state index contributed by atoms with van der Waals surface area (Å²) in [4.78, 5) is 6.80. The average molecular weight is 321 g/mol. The molecule has 19 heavy (non-hydrogen) atoms. The van der Waals surface area contributed by atoms with E-state index in [1.807, 2.05) is 18.3 Å². The third-order valence-electron chi connectivity index (χ3n) is 3.80. The summed E-state index contributed by atoms with van der Waals surface area (Å²) in [6.07, 6.45) is 4.14. The number of piperidine rings is 1. The maximum atomic E-state index is 9.37. The van der Waals surface area contributed by atoms with Crippen LogP contribution in [0.15, 0.2) is 34.9 Å². The van der Waals surface area contributed by atoms with Crippen molar-refractivity contribution in [3.63, 3.8) is 0 Å². The molecule has 1 unspecified atom stereocenters. The predicted octanol–water partition coefficient (Wildman–Crippen LogP) is 3.21. The van der Waals surface area contributed by atoms with Gasteiger partial charge < -0.3 is 10.0 Å². The molecule has 0 bridgehead atoms. The molecule has 4 heteroatoms. The fourth-order valence-electron chi connectivity index (χ4n) is 2.81. The van der Waals surface area contributed by atoms with Gasteiger partial charge in [0.25, 0.3) is 0 Å². The van der Waals surface area contributed by atoms with E-state index in [9.17, 15) is 5.11 Å². The van der Waals surface area contributed by atoms with Crippen LogP contribution in [0.2, 0.25) is 0 Å². The lowest BCUT2D eigenvalue weighted by molar-refractivity contribution is 0.209. The van der Waals surface area contributed by atoms with E-state index >= 15 is 0 Å². The Kier molecular flexibility index (Phi) is 3.71. The molecular formula is C15H17BrN2O. The smallest absolute Gasteiger partial charge is 0.0723 e. The zero-order chi connectivity index (χ0) is 13.2. The molecule has 100 valence electrons. The fraction of sp³-hybridized carbons (Fsp3) is 0.400. The van der Waals surface area contributed by atoms with Crippen LogP contribution >= 0.6 is 15.9 Å². The Morgan fingerprint density at radius 3 is 3.11 bits per heavy atom. The van der Waals surface area contributed by atoms with E-state index in [2.05, 4.69) is 37.9 Å². The first-order chi connectivity index (χ1) is 9.28. The fourth-order valence-corrected chi connectivity index (χ4v) is 3.17. The van der Waals surface area contributed by atoms with Gasteiger partial charge in [0.15, 0.2) is 0 Å². The van der Waals surface area contributed by atoms with Gasteiger partial charge in [0.05, 0.1) is 5.52 Å². The minimum absolute atomic E-state index is 0.281. The summed E-state index contributed by atoms with van der Waals surface area (Å²) in [6, 6.07) is 8.26. The molecule has 1 aliphatic rings. The molecule has 0 amide bonds. The Morgan fingerprint density at radius 1 is 1.37 bits per heavy atom. The second-order valence-corrected chi connectivity index (χ2v) is 6.04. The van der Waals surface area contributed by atoms with Gasteiger partial charge in [-0.2, -0.15) is 0 Å². The number of aliphatic hydroxyl groups is 1. The van der Waals surface area contributed by atoms with Crippen LogP contribution in [0.5, 0.6) is 0 Å². The van der Waals surface area contributed by atoms with Gasteiger partial charge in [-0.3, -0.25) is 4.98 Å². The van der Waals surface area contributed by atoms with Crippen molar-refractivity contribution in [3.05, 3.63) is 34.9 Å². The Hall–Kier alpha value is -1.13. The maximum Gasteiger partial charge on any atom is 0.0723 e. The maximum absolute atomic E-state index is 9.37. The van der Waals surface area contributed by atoms with E-state index in [1.165, 1.54) is 11.1 Å². The van der Waals surface area contributed by atoms with Crippen LogP contribution in [0, 0.1) is 5.92 Å². The van der Waals surface area contributed by atoms with Crippen LogP contribution in [-0.4, -0.2) is 29.8 Å². The molecule has 3 nitrogen and oxygen atoms in total. The number of anilines is 1. The van der Waals surface area contributed by atoms with Gasteiger partial charge in [-0.25, -0.2) is 0 Å². The van der Waals surface area contributed by atoms with Crippen LogP contribution in [-0.2, 0) is 0 Å². The van der Waals surface area contributed by atoms with E-state index in [4.69, 9.17) is 0 Å². The number of pyridine rings is 1. The summed E-state index contributed by atoms with van der Waals surface area (Å²) in [5.41, 5.74) is 2.25. The molecule has 2 heterocycles. The molecule has 0 aliphatic carbocycles. The lowest BCUT2D eigenvalue weighted by atomic mass is 9.98. The number of nitrogens with zero attached hydrogens (tertiary/aromatic N) is 2. The molecule has 0 saturated carbocycles. The predicted molar refractivity (Wildman–Crippen MR) is 81.5 cm³/mol. The van der Waals surface area contributed by atoms with Crippen molar-refractivity contribution in [3.8, 4) is 0 Å². The third kappa shape index (κ3) is 2.60. The number of rotatable bonds is 2. The molecule has 0 radical (unpaired) electrons. The number of halogens is 1. The molecule has 1 aromatic carbocycles. The number of hydrogen-bond donors (Lipinski definition) is 1. The van der Waals surface area contributed by atoms with Crippen LogP contribution in [0.3, 0.4) is 0 Å². The van der Waals surface area contributed by atoms with Crippen molar-refractivity contribution in [2.75, 3.05) is 24.6 Å². The van der Waals surface area contributed by atoms with E-state index in [0.717, 1.165) is 35.9 Å². The quantitative estimate of drug-likeness (QED) is 0.923. The highest BCUT2D eigenvalue weighted by molar-refractivity contribution is 9.10. The molecule has 2 aromatic rings. The summed E-state index contributed by atoms with van der Waals surface area (Å²) in [7, 11) is 0. The normalized spacial score (nSPS) is 19.9. The van der Waals surface area contributed by atoms with Gasteiger partial charge in [-0.15, -0.1) is 0 Å². The standard InChI is InChI=1S/C15H17BrN2O/c16-12-3-4-14-13(8-12)15(5-6-17-14)18-7-1-2-11(9-18)10-19/h3-6,8,11,19H,1-2,7,9-10H2.